The van der Waals surface area contributed by atoms with Crippen molar-refractivity contribution in [1.29, 1.82) is 0 Å². The standard InChI is InChI=1S/C13H16N2O5/c1-9(17)12-6-10(2-3-13(12)15(18)19)14-4-5-20-8-11(14)7-16/h2-3,6,11,16H,4-5,7-8H2,1H3. The number of anilines is 1. The Morgan fingerprint density at radius 1 is 1.60 bits per heavy atom. The molecule has 0 radical (unpaired) electrons. The first kappa shape index (κ1) is 14.4. The summed E-state index contributed by atoms with van der Waals surface area (Å²) in [5.41, 5.74) is 0.564. The highest BCUT2D eigenvalue weighted by molar-refractivity contribution is 5.99. The lowest BCUT2D eigenvalue weighted by molar-refractivity contribution is -0.385. The minimum Gasteiger partial charge on any atom is -0.394 e. The van der Waals surface area contributed by atoms with Crippen LogP contribution in [-0.4, -0.2) is 48.2 Å². The van der Waals surface area contributed by atoms with Gasteiger partial charge in [0.25, 0.3) is 5.69 Å². The predicted octanol–water partition coefficient (Wildman–Crippen LogP) is 0.995. The number of aliphatic hydroxyl groups is 1. The van der Waals surface area contributed by atoms with Crippen LogP contribution in [-0.2, 0) is 4.74 Å². The molecular weight excluding hydrogens is 264 g/mol. The first-order chi connectivity index (χ1) is 9.54. The second-order valence-corrected chi connectivity index (χ2v) is 4.62. The Kier molecular flexibility index (Phi) is 4.31. The van der Waals surface area contributed by atoms with E-state index in [9.17, 15) is 20.0 Å². The number of carbonyl (C=O) groups is 1. The van der Waals surface area contributed by atoms with Gasteiger partial charge in [-0.3, -0.25) is 14.9 Å². The second-order valence-electron chi connectivity index (χ2n) is 4.62. The van der Waals surface area contributed by atoms with Gasteiger partial charge in [0.15, 0.2) is 5.78 Å². The molecule has 0 spiro atoms. The van der Waals surface area contributed by atoms with Crippen LogP contribution in [0.25, 0.3) is 0 Å². The zero-order valence-electron chi connectivity index (χ0n) is 11.1. The molecule has 0 aliphatic carbocycles. The van der Waals surface area contributed by atoms with E-state index in [1.165, 1.54) is 19.1 Å². The van der Waals surface area contributed by atoms with E-state index in [4.69, 9.17) is 4.74 Å². The van der Waals surface area contributed by atoms with Crippen LogP contribution in [0.5, 0.6) is 0 Å². The lowest BCUT2D eigenvalue weighted by Gasteiger charge is -2.36. The molecule has 1 N–H and O–H groups in total. The Bertz CT molecular complexity index is 531. The first-order valence-corrected chi connectivity index (χ1v) is 6.29. The number of hydrogen-bond acceptors (Lipinski definition) is 6. The monoisotopic (exact) mass is 280 g/mol. The van der Waals surface area contributed by atoms with Crippen molar-refractivity contribution in [2.24, 2.45) is 0 Å². The highest BCUT2D eigenvalue weighted by atomic mass is 16.6. The lowest BCUT2D eigenvalue weighted by Crippen LogP contribution is -2.47. The van der Waals surface area contributed by atoms with Gasteiger partial charge < -0.3 is 14.7 Å². The number of rotatable bonds is 4. The number of nitrogens with zero attached hydrogens (tertiary/aromatic N) is 2. The van der Waals surface area contributed by atoms with Gasteiger partial charge >= 0.3 is 0 Å². The molecule has 2 rings (SSSR count). The summed E-state index contributed by atoms with van der Waals surface area (Å²) in [5, 5.41) is 20.3. The number of morpholine rings is 1. The van der Waals surface area contributed by atoms with E-state index in [2.05, 4.69) is 0 Å². The number of Topliss-reactive ketones (excluding diaryl/α,β-unsaturated/α-hetero) is 1. The summed E-state index contributed by atoms with van der Waals surface area (Å²) < 4.78 is 5.29. The minimum atomic E-state index is -0.566. The molecule has 0 bridgehead atoms. The third-order valence-corrected chi connectivity index (χ3v) is 3.33. The molecule has 1 atom stereocenters. The molecule has 1 heterocycles. The van der Waals surface area contributed by atoms with Crippen LogP contribution < -0.4 is 4.90 Å². The zero-order chi connectivity index (χ0) is 14.7. The van der Waals surface area contributed by atoms with Crippen LogP contribution in [0.4, 0.5) is 11.4 Å². The number of nitro benzene ring substituents is 1. The maximum atomic E-state index is 11.6. The number of ether oxygens (including phenoxy) is 1. The summed E-state index contributed by atoms with van der Waals surface area (Å²) in [6.45, 7) is 2.70. The van der Waals surface area contributed by atoms with Gasteiger partial charge in [0.1, 0.15) is 0 Å². The lowest BCUT2D eigenvalue weighted by atomic mass is 10.1. The Balaban J connectivity index is 2.39. The third-order valence-electron chi connectivity index (χ3n) is 3.33. The summed E-state index contributed by atoms with van der Waals surface area (Å²) in [6, 6.07) is 4.23. The van der Waals surface area contributed by atoms with Crippen molar-refractivity contribution in [3.8, 4) is 0 Å². The van der Waals surface area contributed by atoms with Crippen LogP contribution in [0, 0.1) is 10.1 Å². The van der Waals surface area contributed by atoms with Gasteiger partial charge in [-0.25, -0.2) is 0 Å². The quantitative estimate of drug-likeness (QED) is 0.502. The predicted molar refractivity (Wildman–Crippen MR) is 72.1 cm³/mol. The fraction of sp³-hybridized carbons (Fsp3) is 0.462. The van der Waals surface area contributed by atoms with E-state index in [0.717, 1.165) is 0 Å². The summed E-state index contributed by atoms with van der Waals surface area (Å²) in [7, 11) is 0. The molecule has 1 aliphatic rings. The van der Waals surface area contributed by atoms with E-state index in [1.807, 2.05) is 4.90 Å². The molecule has 0 saturated carbocycles. The molecular formula is C13H16N2O5. The van der Waals surface area contributed by atoms with Gasteiger partial charge in [-0.2, -0.15) is 0 Å². The number of benzene rings is 1. The number of nitro groups is 1. The molecule has 0 aromatic heterocycles. The average molecular weight is 280 g/mol. The zero-order valence-corrected chi connectivity index (χ0v) is 11.1. The second kappa shape index (κ2) is 5.98. The van der Waals surface area contributed by atoms with Gasteiger partial charge in [0, 0.05) is 18.3 Å². The molecule has 1 fully saturated rings. The molecule has 1 unspecified atom stereocenters. The fourth-order valence-electron chi connectivity index (χ4n) is 2.29. The van der Waals surface area contributed by atoms with E-state index in [1.54, 1.807) is 6.07 Å². The minimum absolute atomic E-state index is 0.0770. The average Bonchev–Trinajstić information content (AvgIpc) is 2.46. The highest BCUT2D eigenvalue weighted by Gasteiger charge is 2.25. The van der Waals surface area contributed by atoms with Gasteiger partial charge in [-0.15, -0.1) is 0 Å². The molecule has 1 aliphatic heterocycles. The Hall–Kier alpha value is -1.99. The topological polar surface area (TPSA) is 92.9 Å². The van der Waals surface area contributed by atoms with Crippen molar-refractivity contribution < 1.29 is 19.6 Å². The van der Waals surface area contributed by atoms with E-state index in [0.29, 0.717) is 25.4 Å². The normalized spacial score (nSPS) is 18.9. The Morgan fingerprint density at radius 3 is 2.95 bits per heavy atom. The third kappa shape index (κ3) is 2.78. The largest absolute Gasteiger partial charge is 0.394 e. The number of carbonyl (C=O) groups excluding carboxylic acids is 1. The van der Waals surface area contributed by atoms with Crippen molar-refractivity contribution in [2.45, 2.75) is 13.0 Å². The Labute approximate surface area is 115 Å². The molecule has 108 valence electrons. The van der Waals surface area contributed by atoms with Crippen LogP contribution in [0.1, 0.15) is 17.3 Å². The molecule has 1 aromatic rings. The summed E-state index contributed by atoms with van der Waals surface area (Å²) in [6.07, 6.45) is 0. The van der Waals surface area contributed by atoms with Crippen LogP contribution in [0.3, 0.4) is 0 Å². The maximum Gasteiger partial charge on any atom is 0.280 e. The smallest absolute Gasteiger partial charge is 0.280 e. The van der Waals surface area contributed by atoms with Crippen molar-refractivity contribution >= 4 is 17.2 Å². The first-order valence-electron chi connectivity index (χ1n) is 6.29. The van der Waals surface area contributed by atoms with Gasteiger partial charge in [0.05, 0.1) is 36.3 Å². The van der Waals surface area contributed by atoms with E-state index < -0.39 is 4.92 Å². The molecule has 7 nitrogen and oxygen atoms in total. The number of ketones is 1. The van der Waals surface area contributed by atoms with Crippen LogP contribution in [0.15, 0.2) is 18.2 Å². The molecule has 20 heavy (non-hydrogen) atoms. The molecule has 0 amide bonds. The fourth-order valence-corrected chi connectivity index (χ4v) is 2.29. The molecule has 7 heteroatoms. The van der Waals surface area contributed by atoms with Crippen molar-refractivity contribution in [3.05, 3.63) is 33.9 Å². The summed E-state index contributed by atoms with van der Waals surface area (Å²) >= 11 is 0. The Morgan fingerprint density at radius 2 is 2.35 bits per heavy atom. The molecule has 1 aromatic carbocycles. The van der Waals surface area contributed by atoms with E-state index >= 15 is 0 Å². The van der Waals surface area contributed by atoms with Crippen molar-refractivity contribution in [2.75, 3.05) is 31.3 Å². The maximum absolute atomic E-state index is 11.6. The van der Waals surface area contributed by atoms with Crippen molar-refractivity contribution in [3.63, 3.8) is 0 Å². The van der Waals surface area contributed by atoms with Crippen molar-refractivity contribution in [1.82, 2.24) is 0 Å². The summed E-state index contributed by atoms with van der Waals surface area (Å²) in [5.74, 6) is -0.354. The van der Waals surface area contributed by atoms with Gasteiger partial charge in [-0.05, 0) is 19.1 Å². The van der Waals surface area contributed by atoms with E-state index in [-0.39, 0.29) is 29.7 Å². The number of hydrogen-bond donors (Lipinski definition) is 1. The van der Waals surface area contributed by atoms with Gasteiger partial charge in [-0.1, -0.05) is 0 Å². The SMILES string of the molecule is CC(=O)c1cc(N2CCOCC2CO)ccc1[N+](=O)[O-]. The van der Waals surface area contributed by atoms with Crippen LogP contribution >= 0.6 is 0 Å². The van der Waals surface area contributed by atoms with Crippen LogP contribution in [0.2, 0.25) is 0 Å². The number of aliphatic hydroxyl groups excluding tert-OH is 1. The van der Waals surface area contributed by atoms with Gasteiger partial charge in [0.2, 0.25) is 0 Å². The highest BCUT2D eigenvalue weighted by Crippen LogP contribution is 2.27. The summed E-state index contributed by atoms with van der Waals surface area (Å²) in [4.78, 5) is 23.8. The molecule has 1 saturated heterocycles.